The SMILES string of the molecule is CCCNC(=O)NCC(CO)CC(=O)O. The molecule has 0 saturated carbocycles. The van der Waals surface area contributed by atoms with Gasteiger partial charge in [0.15, 0.2) is 0 Å². The van der Waals surface area contributed by atoms with Gasteiger partial charge in [-0.25, -0.2) is 4.79 Å². The van der Waals surface area contributed by atoms with Gasteiger partial charge >= 0.3 is 12.0 Å². The first-order valence-corrected chi connectivity index (χ1v) is 4.94. The van der Waals surface area contributed by atoms with E-state index >= 15 is 0 Å². The number of aliphatic hydroxyl groups excluding tert-OH is 1. The molecule has 1 unspecified atom stereocenters. The minimum atomic E-state index is -0.982. The second-order valence-corrected chi connectivity index (χ2v) is 3.28. The molecule has 0 aliphatic heterocycles. The minimum Gasteiger partial charge on any atom is -0.481 e. The van der Waals surface area contributed by atoms with Gasteiger partial charge in [0.2, 0.25) is 0 Å². The molecule has 6 nitrogen and oxygen atoms in total. The van der Waals surface area contributed by atoms with Gasteiger partial charge in [0.05, 0.1) is 6.42 Å². The molecule has 88 valence electrons. The smallest absolute Gasteiger partial charge is 0.314 e. The predicted molar refractivity (Wildman–Crippen MR) is 54.5 cm³/mol. The number of aliphatic carboxylic acids is 1. The third kappa shape index (κ3) is 7.75. The molecule has 0 rings (SSSR count). The Labute approximate surface area is 88.7 Å². The fourth-order valence-corrected chi connectivity index (χ4v) is 0.986. The van der Waals surface area contributed by atoms with E-state index in [1.54, 1.807) is 0 Å². The summed E-state index contributed by atoms with van der Waals surface area (Å²) in [6.45, 7) is 2.43. The Bertz CT molecular complexity index is 208. The topological polar surface area (TPSA) is 98.7 Å². The van der Waals surface area contributed by atoms with Crippen LogP contribution in [0.2, 0.25) is 0 Å². The Hall–Kier alpha value is -1.30. The molecule has 0 fully saturated rings. The van der Waals surface area contributed by atoms with Gasteiger partial charge in [-0.15, -0.1) is 0 Å². The van der Waals surface area contributed by atoms with Gasteiger partial charge in [-0.1, -0.05) is 6.92 Å². The van der Waals surface area contributed by atoms with Crippen molar-refractivity contribution in [2.75, 3.05) is 19.7 Å². The summed E-state index contributed by atoms with van der Waals surface area (Å²) >= 11 is 0. The van der Waals surface area contributed by atoms with Crippen molar-refractivity contribution >= 4 is 12.0 Å². The van der Waals surface area contributed by atoms with E-state index in [9.17, 15) is 9.59 Å². The van der Waals surface area contributed by atoms with Crippen LogP contribution in [0.15, 0.2) is 0 Å². The highest BCUT2D eigenvalue weighted by molar-refractivity contribution is 5.73. The number of rotatable bonds is 7. The predicted octanol–water partition coefficient (Wildman–Crippen LogP) is -0.221. The molecule has 0 spiro atoms. The number of carbonyl (C=O) groups excluding carboxylic acids is 1. The summed E-state index contributed by atoms with van der Waals surface area (Å²) in [6, 6.07) is -0.333. The Morgan fingerprint density at radius 2 is 2.00 bits per heavy atom. The number of amides is 2. The number of nitrogens with one attached hydrogen (secondary N) is 2. The molecular formula is C9H18N2O4. The van der Waals surface area contributed by atoms with Crippen LogP contribution >= 0.6 is 0 Å². The van der Waals surface area contributed by atoms with Crippen LogP contribution in [0.25, 0.3) is 0 Å². The molecular weight excluding hydrogens is 200 g/mol. The number of hydrogen-bond donors (Lipinski definition) is 4. The van der Waals surface area contributed by atoms with Crippen LogP contribution < -0.4 is 10.6 Å². The van der Waals surface area contributed by atoms with Crippen LogP contribution in [-0.4, -0.2) is 41.9 Å². The van der Waals surface area contributed by atoms with Crippen molar-refractivity contribution in [2.24, 2.45) is 5.92 Å². The van der Waals surface area contributed by atoms with E-state index in [0.717, 1.165) is 6.42 Å². The van der Waals surface area contributed by atoms with Gasteiger partial charge in [0.25, 0.3) is 0 Å². The van der Waals surface area contributed by atoms with E-state index in [1.807, 2.05) is 6.92 Å². The molecule has 6 heteroatoms. The van der Waals surface area contributed by atoms with E-state index < -0.39 is 11.9 Å². The summed E-state index contributed by atoms with van der Waals surface area (Å²) < 4.78 is 0. The van der Waals surface area contributed by atoms with Gasteiger partial charge in [-0.3, -0.25) is 4.79 Å². The molecule has 0 radical (unpaired) electrons. The molecule has 0 aliphatic carbocycles. The highest BCUT2D eigenvalue weighted by Crippen LogP contribution is 1.99. The van der Waals surface area contributed by atoms with E-state index in [-0.39, 0.29) is 25.6 Å². The van der Waals surface area contributed by atoms with E-state index in [2.05, 4.69) is 10.6 Å². The van der Waals surface area contributed by atoms with Crippen molar-refractivity contribution in [1.82, 2.24) is 10.6 Å². The van der Waals surface area contributed by atoms with Gasteiger partial charge < -0.3 is 20.8 Å². The molecule has 0 aromatic heterocycles. The first-order chi connectivity index (χ1) is 7.10. The summed E-state index contributed by atoms with van der Waals surface area (Å²) in [4.78, 5) is 21.4. The number of urea groups is 1. The number of carbonyl (C=O) groups is 2. The lowest BCUT2D eigenvalue weighted by Crippen LogP contribution is -2.39. The van der Waals surface area contributed by atoms with Gasteiger partial charge in [0, 0.05) is 25.6 Å². The minimum absolute atomic E-state index is 0.148. The van der Waals surface area contributed by atoms with Crippen LogP contribution in [0.3, 0.4) is 0 Å². The molecule has 0 aromatic rings. The maximum Gasteiger partial charge on any atom is 0.314 e. The monoisotopic (exact) mass is 218 g/mol. The number of carboxylic acids is 1. The highest BCUT2D eigenvalue weighted by atomic mass is 16.4. The average Bonchev–Trinajstić information content (AvgIpc) is 2.20. The molecule has 4 N–H and O–H groups in total. The zero-order valence-corrected chi connectivity index (χ0v) is 8.82. The Kier molecular flexibility index (Phi) is 7.35. The standard InChI is InChI=1S/C9H18N2O4/c1-2-3-10-9(15)11-5-7(6-12)4-8(13)14/h7,12H,2-6H2,1H3,(H,13,14)(H2,10,11,15). The summed E-state index contributed by atoms with van der Waals surface area (Å²) in [5, 5.41) is 22.4. The Balaban J connectivity index is 3.69. The highest BCUT2D eigenvalue weighted by Gasteiger charge is 2.12. The van der Waals surface area contributed by atoms with Crippen molar-refractivity contribution in [3.8, 4) is 0 Å². The van der Waals surface area contributed by atoms with Crippen LogP contribution in [0, 0.1) is 5.92 Å². The van der Waals surface area contributed by atoms with Crippen molar-refractivity contribution in [1.29, 1.82) is 0 Å². The van der Waals surface area contributed by atoms with Crippen LogP contribution in [-0.2, 0) is 4.79 Å². The third-order valence-electron chi connectivity index (χ3n) is 1.81. The Morgan fingerprint density at radius 3 is 2.47 bits per heavy atom. The van der Waals surface area contributed by atoms with Crippen LogP contribution in [0.4, 0.5) is 4.79 Å². The number of carboxylic acid groups (broad SMARTS) is 1. The van der Waals surface area contributed by atoms with Crippen LogP contribution in [0.1, 0.15) is 19.8 Å². The number of aliphatic hydroxyl groups is 1. The van der Waals surface area contributed by atoms with Crippen molar-refractivity contribution in [3.63, 3.8) is 0 Å². The molecule has 0 aromatic carbocycles. The Morgan fingerprint density at radius 1 is 1.33 bits per heavy atom. The lowest BCUT2D eigenvalue weighted by atomic mass is 10.1. The molecule has 0 bridgehead atoms. The van der Waals surface area contributed by atoms with E-state index in [0.29, 0.717) is 6.54 Å². The molecule has 2 amide bonds. The second-order valence-electron chi connectivity index (χ2n) is 3.28. The molecule has 1 atom stereocenters. The third-order valence-corrected chi connectivity index (χ3v) is 1.81. The zero-order chi connectivity index (χ0) is 11.7. The van der Waals surface area contributed by atoms with Gasteiger partial charge in [-0.05, 0) is 6.42 Å². The fourth-order valence-electron chi connectivity index (χ4n) is 0.986. The summed E-state index contributed by atoms with van der Waals surface area (Å²) in [5.41, 5.74) is 0. The van der Waals surface area contributed by atoms with Gasteiger partial charge in [0.1, 0.15) is 0 Å². The maximum absolute atomic E-state index is 11.1. The molecule has 0 saturated heterocycles. The summed E-state index contributed by atoms with van der Waals surface area (Å²) in [5.74, 6) is -1.42. The fraction of sp³-hybridized carbons (Fsp3) is 0.778. The van der Waals surface area contributed by atoms with E-state index in [4.69, 9.17) is 10.2 Å². The zero-order valence-electron chi connectivity index (χ0n) is 8.82. The lowest BCUT2D eigenvalue weighted by Gasteiger charge is -2.13. The molecule has 0 aliphatic rings. The first-order valence-electron chi connectivity index (χ1n) is 4.94. The number of hydrogen-bond acceptors (Lipinski definition) is 3. The molecule has 15 heavy (non-hydrogen) atoms. The summed E-state index contributed by atoms with van der Waals surface area (Å²) in [6.07, 6.45) is 0.691. The average molecular weight is 218 g/mol. The van der Waals surface area contributed by atoms with Gasteiger partial charge in [-0.2, -0.15) is 0 Å². The first kappa shape index (κ1) is 13.7. The van der Waals surface area contributed by atoms with E-state index in [1.165, 1.54) is 0 Å². The maximum atomic E-state index is 11.1. The van der Waals surface area contributed by atoms with Crippen molar-refractivity contribution in [3.05, 3.63) is 0 Å². The largest absolute Gasteiger partial charge is 0.481 e. The van der Waals surface area contributed by atoms with Crippen molar-refractivity contribution < 1.29 is 19.8 Å². The molecule has 0 heterocycles. The normalized spacial score (nSPS) is 11.9. The quantitative estimate of drug-likeness (QED) is 0.474. The van der Waals surface area contributed by atoms with Crippen molar-refractivity contribution in [2.45, 2.75) is 19.8 Å². The second kappa shape index (κ2) is 8.05. The summed E-state index contributed by atoms with van der Waals surface area (Å²) in [7, 11) is 0. The lowest BCUT2D eigenvalue weighted by molar-refractivity contribution is -0.138. The van der Waals surface area contributed by atoms with Crippen LogP contribution in [0.5, 0.6) is 0 Å².